The van der Waals surface area contributed by atoms with E-state index in [1.54, 1.807) is 0 Å². The Morgan fingerprint density at radius 3 is 1.45 bits per heavy atom. The zero-order chi connectivity index (χ0) is 20.4. The summed E-state index contributed by atoms with van der Waals surface area (Å²) in [6.07, 6.45) is 0. The predicted octanol–water partition coefficient (Wildman–Crippen LogP) is 6.18. The van der Waals surface area contributed by atoms with Gasteiger partial charge in [-0.1, -0.05) is 52.6 Å². The summed E-state index contributed by atoms with van der Waals surface area (Å²) in [5, 5.41) is 3.32. The van der Waals surface area contributed by atoms with Crippen molar-refractivity contribution in [2.24, 2.45) is 0 Å². The van der Waals surface area contributed by atoms with Crippen molar-refractivity contribution in [1.29, 1.82) is 0 Å². The van der Waals surface area contributed by atoms with Crippen LogP contribution in [0.3, 0.4) is 0 Å². The zero-order valence-electron chi connectivity index (χ0n) is 17.2. The van der Waals surface area contributed by atoms with Gasteiger partial charge in [-0.2, -0.15) is 9.97 Å². The summed E-state index contributed by atoms with van der Waals surface area (Å²) in [5.41, 5.74) is 7.67. The van der Waals surface area contributed by atoms with E-state index in [-0.39, 0.29) is 0 Å². The Balaban J connectivity index is 1.87. The van der Waals surface area contributed by atoms with Crippen molar-refractivity contribution >= 4 is 11.6 Å². The van der Waals surface area contributed by atoms with E-state index < -0.39 is 0 Å². The van der Waals surface area contributed by atoms with Gasteiger partial charge in [0.05, 0.1) is 0 Å². The summed E-state index contributed by atoms with van der Waals surface area (Å²) in [4.78, 5) is 14.3. The second-order valence-corrected chi connectivity index (χ2v) is 7.55. The van der Waals surface area contributed by atoms with E-state index in [2.05, 4.69) is 69.4 Å². The summed E-state index contributed by atoms with van der Waals surface area (Å²) in [6.45, 7) is 8.36. The third-order valence-corrected chi connectivity index (χ3v) is 4.63. The van der Waals surface area contributed by atoms with E-state index in [1.807, 2.05) is 30.3 Å². The SMILES string of the molecule is Cc1cc(C)cc(-c2nc(Nc3ccccc3)nc(-c3cc(C)cc(C)c3)n2)c1. The molecule has 29 heavy (non-hydrogen) atoms. The number of benzene rings is 3. The number of nitrogens with zero attached hydrogens (tertiary/aromatic N) is 3. The molecule has 1 heterocycles. The summed E-state index contributed by atoms with van der Waals surface area (Å²) in [7, 11) is 0. The van der Waals surface area contributed by atoms with Crippen LogP contribution in [-0.2, 0) is 0 Å². The molecule has 0 fully saturated rings. The quantitative estimate of drug-likeness (QED) is 0.459. The minimum absolute atomic E-state index is 0.537. The first-order chi connectivity index (χ1) is 14.0. The van der Waals surface area contributed by atoms with Crippen LogP contribution < -0.4 is 5.32 Å². The molecule has 1 N–H and O–H groups in total. The molecule has 0 aliphatic heterocycles. The van der Waals surface area contributed by atoms with Gasteiger partial charge in [0.25, 0.3) is 0 Å². The Morgan fingerprint density at radius 1 is 0.552 bits per heavy atom. The fourth-order valence-electron chi connectivity index (χ4n) is 3.55. The molecule has 0 saturated heterocycles. The molecule has 4 heteroatoms. The summed E-state index contributed by atoms with van der Waals surface area (Å²) in [5.74, 6) is 1.87. The van der Waals surface area contributed by atoms with E-state index in [0.29, 0.717) is 17.6 Å². The Bertz CT molecular complexity index is 1060. The largest absolute Gasteiger partial charge is 0.324 e. The van der Waals surface area contributed by atoms with Gasteiger partial charge < -0.3 is 5.32 Å². The third-order valence-electron chi connectivity index (χ3n) is 4.63. The highest BCUT2D eigenvalue weighted by molar-refractivity contribution is 5.66. The van der Waals surface area contributed by atoms with Gasteiger partial charge in [0.15, 0.2) is 11.6 Å². The van der Waals surface area contributed by atoms with Crippen LogP contribution in [0.25, 0.3) is 22.8 Å². The van der Waals surface area contributed by atoms with Gasteiger partial charge in [-0.05, 0) is 64.1 Å². The number of anilines is 2. The van der Waals surface area contributed by atoms with Gasteiger partial charge in [0, 0.05) is 16.8 Å². The topological polar surface area (TPSA) is 50.7 Å². The number of hydrogen-bond donors (Lipinski definition) is 1. The van der Waals surface area contributed by atoms with Crippen LogP contribution in [0.2, 0.25) is 0 Å². The molecule has 4 rings (SSSR count). The fraction of sp³-hybridized carbons (Fsp3) is 0.160. The maximum absolute atomic E-state index is 4.82. The van der Waals surface area contributed by atoms with Crippen molar-refractivity contribution in [1.82, 2.24) is 15.0 Å². The Kier molecular flexibility index (Phi) is 5.09. The Morgan fingerprint density at radius 2 is 1.00 bits per heavy atom. The van der Waals surface area contributed by atoms with Gasteiger partial charge in [0.1, 0.15) is 0 Å². The number of aryl methyl sites for hydroxylation is 4. The average molecular weight is 380 g/mol. The highest BCUT2D eigenvalue weighted by Crippen LogP contribution is 2.26. The normalized spacial score (nSPS) is 10.8. The lowest BCUT2D eigenvalue weighted by Gasteiger charge is -2.11. The zero-order valence-corrected chi connectivity index (χ0v) is 17.2. The molecule has 0 aliphatic carbocycles. The number of aromatic nitrogens is 3. The molecule has 1 aromatic heterocycles. The molecule has 3 aromatic carbocycles. The number of para-hydroxylation sites is 1. The molecule has 0 unspecified atom stereocenters. The molecule has 144 valence electrons. The summed E-state index contributed by atoms with van der Waals surface area (Å²) in [6, 6.07) is 22.7. The minimum Gasteiger partial charge on any atom is -0.324 e. The van der Waals surface area contributed by atoms with E-state index in [1.165, 1.54) is 22.3 Å². The van der Waals surface area contributed by atoms with Crippen molar-refractivity contribution in [3.63, 3.8) is 0 Å². The van der Waals surface area contributed by atoms with Crippen molar-refractivity contribution in [2.45, 2.75) is 27.7 Å². The lowest BCUT2D eigenvalue weighted by molar-refractivity contribution is 1.07. The van der Waals surface area contributed by atoms with E-state index >= 15 is 0 Å². The first-order valence-corrected chi connectivity index (χ1v) is 9.72. The maximum atomic E-state index is 4.82. The molecule has 0 amide bonds. The van der Waals surface area contributed by atoms with Crippen LogP contribution in [0.4, 0.5) is 11.6 Å². The summed E-state index contributed by atoms with van der Waals surface area (Å²) >= 11 is 0. The number of nitrogens with one attached hydrogen (secondary N) is 1. The predicted molar refractivity (Wildman–Crippen MR) is 119 cm³/mol. The standard InChI is InChI=1S/C25H24N4/c1-16-10-17(2)13-20(12-16)23-27-24(21-14-18(3)11-19(4)15-21)29-25(28-23)26-22-8-6-5-7-9-22/h5-15H,1-4H3,(H,26,27,28,29). The van der Waals surface area contributed by atoms with Crippen LogP contribution in [-0.4, -0.2) is 15.0 Å². The maximum Gasteiger partial charge on any atom is 0.231 e. The van der Waals surface area contributed by atoms with Crippen molar-refractivity contribution in [3.8, 4) is 22.8 Å². The molecular weight excluding hydrogens is 356 g/mol. The molecule has 4 aromatic rings. The first kappa shape index (κ1) is 18.8. The first-order valence-electron chi connectivity index (χ1n) is 9.72. The Labute approximate surface area is 171 Å². The van der Waals surface area contributed by atoms with Crippen molar-refractivity contribution in [3.05, 3.63) is 89.0 Å². The van der Waals surface area contributed by atoms with E-state index in [0.717, 1.165) is 16.8 Å². The average Bonchev–Trinajstić information content (AvgIpc) is 2.67. The van der Waals surface area contributed by atoms with Gasteiger partial charge in [-0.25, -0.2) is 4.98 Å². The van der Waals surface area contributed by atoms with Gasteiger partial charge >= 0.3 is 0 Å². The second-order valence-electron chi connectivity index (χ2n) is 7.55. The number of rotatable bonds is 4. The molecule has 0 saturated carbocycles. The molecule has 0 spiro atoms. The summed E-state index contributed by atoms with van der Waals surface area (Å²) < 4.78 is 0. The molecule has 4 nitrogen and oxygen atoms in total. The van der Waals surface area contributed by atoms with E-state index in [9.17, 15) is 0 Å². The molecule has 0 radical (unpaired) electrons. The Hall–Kier alpha value is -3.53. The second kappa shape index (κ2) is 7.84. The highest BCUT2D eigenvalue weighted by Gasteiger charge is 2.12. The lowest BCUT2D eigenvalue weighted by atomic mass is 10.1. The lowest BCUT2D eigenvalue weighted by Crippen LogP contribution is -2.04. The van der Waals surface area contributed by atoms with Gasteiger partial charge in [0.2, 0.25) is 5.95 Å². The van der Waals surface area contributed by atoms with Crippen LogP contribution in [0.15, 0.2) is 66.7 Å². The van der Waals surface area contributed by atoms with Gasteiger partial charge in [-0.15, -0.1) is 0 Å². The van der Waals surface area contributed by atoms with Gasteiger partial charge in [-0.3, -0.25) is 0 Å². The minimum atomic E-state index is 0.537. The number of hydrogen-bond acceptors (Lipinski definition) is 4. The highest BCUT2D eigenvalue weighted by atomic mass is 15.2. The molecule has 0 bridgehead atoms. The van der Waals surface area contributed by atoms with Crippen LogP contribution in [0, 0.1) is 27.7 Å². The molecule has 0 aliphatic rings. The molecule has 0 atom stereocenters. The smallest absolute Gasteiger partial charge is 0.231 e. The van der Waals surface area contributed by atoms with E-state index in [4.69, 9.17) is 15.0 Å². The third kappa shape index (κ3) is 4.49. The molecular formula is C25H24N4. The van der Waals surface area contributed by atoms with Crippen molar-refractivity contribution < 1.29 is 0 Å². The fourth-order valence-corrected chi connectivity index (χ4v) is 3.55. The van der Waals surface area contributed by atoms with Crippen LogP contribution in [0.5, 0.6) is 0 Å². The van der Waals surface area contributed by atoms with Crippen LogP contribution >= 0.6 is 0 Å². The monoisotopic (exact) mass is 380 g/mol. The van der Waals surface area contributed by atoms with Crippen molar-refractivity contribution in [2.75, 3.05) is 5.32 Å². The van der Waals surface area contributed by atoms with Crippen LogP contribution in [0.1, 0.15) is 22.3 Å².